The first-order valence-electron chi connectivity index (χ1n) is 7.59. The summed E-state index contributed by atoms with van der Waals surface area (Å²) in [4.78, 5) is 29.2. The molecule has 0 spiro atoms. The topological polar surface area (TPSA) is 76.3 Å². The van der Waals surface area contributed by atoms with Crippen LogP contribution in [0.15, 0.2) is 42.6 Å². The summed E-state index contributed by atoms with van der Waals surface area (Å²) in [6.07, 6.45) is 1.37. The van der Waals surface area contributed by atoms with Gasteiger partial charge < -0.3 is 10.6 Å². The van der Waals surface area contributed by atoms with E-state index < -0.39 is 5.91 Å². The third-order valence-corrected chi connectivity index (χ3v) is 4.57. The molecule has 0 aliphatic carbocycles. The molecule has 1 heterocycles. The summed E-state index contributed by atoms with van der Waals surface area (Å²) in [7, 11) is 1.75. The number of hydrogen-bond acceptors (Lipinski definition) is 3. The second-order valence-electron chi connectivity index (χ2n) is 5.79. The predicted octanol–water partition coefficient (Wildman–Crippen LogP) is 3.10. The van der Waals surface area contributed by atoms with Crippen molar-refractivity contribution in [2.24, 2.45) is 5.73 Å². The van der Waals surface area contributed by atoms with Gasteiger partial charge >= 0.3 is 0 Å². The van der Waals surface area contributed by atoms with Crippen LogP contribution in [0.3, 0.4) is 0 Å². The Morgan fingerprint density at radius 1 is 1.12 bits per heavy atom. The molecular formula is C18H20ClN3O2. The fourth-order valence-corrected chi connectivity index (χ4v) is 2.56. The number of halogens is 1. The van der Waals surface area contributed by atoms with E-state index in [0.29, 0.717) is 10.6 Å². The molecule has 2 aromatic rings. The summed E-state index contributed by atoms with van der Waals surface area (Å²) >= 11 is 5.92. The quantitative estimate of drug-likeness (QED) is 0.904. The van der Waals surface area contributed by atoms with Crippen molar-refractivity contribution < 1.29 is 9.59 Å². The Morgan fingerprint density at radius 3 is 2.25 bits per heavy atom. The summed E-state index contributed by atoms with van der Waals surface area (Å²) in [5.74, 6) is -0.645. The molecule has 0 saturated heterocycles. The van der Waals surface area contributed by atoms with Gasteiger partial charge in [0.05, 0.1) is 5.56 Å². The molecule has 126 valence electrons. The summed E-state index contributed by atoms with van der Waals surface area (Å²) < 4.78 is 0. The molecule has 0 radical (unpaired) electrons. The van der Waals surface area contributed by atoms with Gasteiger partial charge in [-0.1, -0.05) is 30.7 Å². The molecule has 6 heteroatoms. The molecule has 0 bridgehead atoms. The van der Waals surface area contributed by atoms with E-state index in [2.05, 4.69) is 11.9 Å². The number of nitrogens with zero attached hydrogens (tertiary/aromatic N) is 2. The van der Waals surface area contributed by atoms with Gasteiger partial charge in [-0.15, -0.1) is 0 Å². The highest BCUT2D eigenvalue weighted by molar-refractivity contribution is 6.30. The molecule has 2 unspecified atom stereocenters. The number of carbonyl (C=O) groups excluding carboxylic acids is 2. The van der Waals surface area contributed by atoms with E-state index in [9.17, 15) is 9.59 Å². The number of nitrogens with two attached hydrogens (primary N) is 1. The second-order valence-corrected chi connectivity index (χ2v) is 6.23. The van der Waals surface area contributed by atoms with Gasteiger partial charge in [0.2, 0.25) is 0 Å². The third kappa shape index (κ3) is 3.92. The molecule has 24 heavy (non-hydrogen) atoms. The normalized spacial score (nSPS) is 13.2. The number of amides is 2. The minimum absolute atomic E-state index is 0.0329. The van der Waals surface area contributed by atoms with E-state index in [1.54, 1.807) is 18.0 Å². The van der Waals surface area contributed by atoms with E-state index in [1.165, 1.54) is 12.3 Å². The molecule has 1 aromatic carbocycles. The highest BCUT2D eigenvalue weighted by atomic mass is 35.5. The van der Waals surface area contributed by atoms with E-state index in [0.717, 1.165) is 5.56 Å². The number of pyridine rings is 1. The Bertz CT molecular complexity index is 729. The van der Waals surface area contributed by atoms with Gasteiger partial charge in [-0.05, 0) is 36.8 Å². The lowest BCUT2D eigenvalue weighted by Crippen LogP contribution is -2.38. The first-order chi connectivity index (χ1) is 11.3. The predicted molar refractivity (Wildman–Crippen MR) is 94.2 cm³/mol. The zero-order valence-corrected chi connectivity index (χ0v) is 14.6. The SMILES string of the molecule is CC(c1ccc(Cl)cc1)C(C)N(C)C(=O)c1ccc(C(N)=O)nc1. The zero-order valence-electron chi connectivity index (χ0n) is 13.9. The molecule has 2 amide bonds. The first kappa shape index (κ1) is 17.9. The van der Waals surface area contributed by atoms with E-state index in [1.807, 2.05) is 31.2 Å². The van der Waals surface area contributed by atoms with Crippen molar-refractivity contribution >= 4 is 23.4 Å². The minimum Gasteiger partial charge on any atom is -0.364 e. The molecule has 0 saturated carbocycles. The van der Waals surface area contributed by atoms with Gasteiger partial charge in [0.15, 0.2) is 0 Å². The number of likely N-dealkylation sites (N-methyl/N-ethyl adjacent to an activating group) is 1. The monoisotopic (exact) mass is 345 g/mol. The van der Waals surface area contributed by atoms with Gasteiger partial charge in [-0.2, -0.15) is 0 Å². The maximum Gasteiger partial charge on any atom is 0.267 e. The van der Waals surface area contributed by atoms with Crippen LogP contribution in [0, 0.1) is 0 Å². The zero-order chi connectivity index (χ0) is 17.9. The second kappa shape index (κ2) is 7.45. The number of benzene rings is 1. The lowest BCUT2D eigenvalue weighted by molar-refractivity contribution is 0.0725. The van der Waals surface area contributed by atoms with Crippen molar-refractivity contribution in [2.75, 3.05) is 7.05 Å². The Hall–Kier alpha value is -2.40. The average molecular weight is 346 g/mol. The summed E-state index contributed by atoms with van der Waals surface area (Å²) in [6.45, 7) is 4.05. The number of rotatable bonds is 5. The van der Waals surface area contributed by atoms with Crippen molar-refractivity contribution in [3.63, 3.8) is 0 Å². The summed E-state index contributed by atoms with van der Waals surface area (Å²) in [5.41, 5.74) is 6.81. The molecule has 0 fully saturated rings. The fraction of sp³-hybridized carbons (Fsp3) is 0.278. The summed E-state index contributed by atoms with van der Waals surface area (Å²) in [5, 5.41) is 0.684. The average Bonchev–Trinajstić information content (AvgIpc) is 2.60. The maximum absolute atomic E-state index is 12.6. The maximum atomic E-state index is 12.6. The molecule has 0 aliphatic rings. The Balaban J connectivity index is 2.13. The lowest BCUT2D eigenvalue weighted by Gasteiger charge is -2.30. The molecule has 2 atom stereocenters. The van der Waals surface area contributed by atoms with Crippen molar-refractivity contribution in [3.05, 3.63) is 64.4 Å². The van der Waals surface area contributed by atoms with Crippen LogP contribution >= 0.6 is 11.6 Å². The van der Waals surface area contributed by atoms with Crippen molar-refractivity contribution in [1.29, 1.82) is 0 Å². The lowest BCUT2D eigenvalue weighted by atomic mass is 9.93. The Morgan fingerprint density at radius 2 is 1.75 bits per heavy atom. The Labute approximate surface area is 146 Å². The van der Waals surface area contributed by atoms with Crippen LogP contribution in [-0.2, 0) is 0 Å². The largest absolute Gasteiger partial charge is 0.364 e. The van der Waals surface area contributed by atoms with Crippen molar-refractivity contribution in [3.8, 4) is 0 Å². The number of carbonyl (C=O) groups is 2. The minimum atomic E-state index is -0.618. The van der Waals surface area contributed by atoms with Gasteiger partial charge in [-0.25, -0.2) is 0 Å². The van der Waals surface area contributed by atoms with Gasteiger partial charge in [0, 0.05) is 30.2 Å². The van der Waals surface area contributed by atoms with E-state index in [-0.39, 0.29) is 23.6 Å². The van der Waals surface area contributed by atoms with Crippen molar-refractivity contribution in [1.82, 2.24) is 9.88 Å². The number of hydrogen-bond donors (Lipinski definition) is 1. The van der Waals surface area contributed by atoms with Crippen LogP contribution in [-0.4, -0.2) is 34.8 Å². The molecule has 0 aliphatic heterocycles. The van der Waals surface area contributed by atoms with Crippen LogP contribution in [0.25, 0.3) is 0 Å². The first-order valence-corrected chi connectivity index (χ1v) is 7.97. The number of aromatic nitrogens is 1. The summed E-state index contributed by atoms with van der Waals surface area (Å²) in [6, 6.07) is 10.6. The highest BCUT2D eigenvalue weighted by Crippen LogP contribution is 2.24. The van der Waals surface area contributed by atoms with Gasteiger partial charge in [0.25, 0.3) is 11.8 Å². The van der Waals surface area contributed by atoms with Gasteiger partial charge in [-0.3, -0.25) is 14.6 Å². The van der Waals surface area contributed by atoms with Crippen LogP contribution in [0.5, 0.6) is 0 Å². The van der Waals surface area contributed by atoms with E-state index >= 15 is 0 Å². The van der Waals surface area contributed by atoms with Crippen LogP contribution in [0.1, 0.15) is 46.2 Å². The number of primary amides is 1. The Kier molecular flexibility index (Phi) is 5.57. The molecule has 2 rings (SSSR count). The third-order valence-electron chi connectivity index (χ3n) is 4.31. The standard InChI is InChI=1S/C18H20ClN3O2/c1-11(13-4-7-15(19)8-5-13)12(2)22(3)18(24)14-6-9-16(17(20)23)21-10-14/h4-12H,1-3H3,(H2,20,23). The fourth-order valence-electron chi connectivity index (χ4n) is 2.43. The van der Waals surface area contributed by atoms with Crippen LogP contribution < -0.4 is 5.73 Å². The molecule has 1 aromatic heterocycles. The van der Waals surface area contributed by atoms with Crippen LogP contribution in [0.4, 0.5) is 0 Å². The molecule has 2 N–H and O–H groups in total. The smallest absolute Gasteiger partial charge is 0.267 e. The van der Waals surface area contributed by atoms with E-state index in [4.69, 9.17) is 17.3 Å². The van der Waals surface area contributed by atoms with Crippen molar-refractivity contribution in [2.45, 2.75) is 25.8 Å². The molecular weight excluding hydrogens is 326 g/mol. The van der Waals surface area contributed by atoms with Gasteiger partial charge in [0.1, 0.15) is 5.69 Å². The molecule has 5 nitrogen and oxygen atoms in total. The highest BCUT2D eigenvalue weighted by Gasteiger charge is 2.23. The van der Waals surface area contributed by atoms with Crippen LogP contribution in [0.2, 0.25) is 5.02 Å².